The molecule has 6 rings (SSSR count). The fourth-order valence-corrected chi connectivity index (χ4v) is 7.42. The van der Waals surface area contributed by atoms with Crippen LogP contribution in [0.25, 0.3) is 6.08 Å². The van der Waals surface area contributed by atoms with Gasteiger partial charge in [-0.3, -0.25) is 15.0 Å². The maximum atomic E-state index is 13.3. The number of rotatable bonds is 5. The molecule has 0 spiro atoms. The fourth-order valence-electron chi connectivity index (χ4n) is 6.24. The zero-order chi connectivity index (χ0) is 21.8. The molecule has 1 aromatic rings. The molecule has 1 heterocycles. The number of amides is 2. The van der Waals surface area contributed by atoms with E-state index >= 15 is 0 Å². The number of benzene rings is 1. The lowest BCUT2D eigenvalue weighted by Crippen LogP contribution is -2.57. The predicted molar refractivity (Wildman–Crippen MR) is 123 cm³/mol. The number of nitrogens with zero attached hydrogens (tertiary/aromatic N) is 1. The summed E-state index contributed by atoms with van der Waals surface area (Å²) in [5.74, 6) is 2.91. The molecule has 164 valence electrons. The molecule has 0 atom stereocenters. The zero-order valence-electron chi connectivity index (χ0n) is 17.7. The Labute approximate surface area is 191 Å². The van der Waals surface area contributed by atoms with E-state index in [1.165, 1.54) is 36.0 Å². The maximum Gasteiger partial charge on any atom is 0.285 e. The highest BCUT2D eigenvalue weighted by molar-refractivity contribution is 8.26. The van der Waals surface area contributed by atoms with Crippen molar-refractivity contribution in [3.05, 3.63) is 28.7 Å². The van der Waals surface area contributed by atoms with Crippen molar-refractivity contribution in [3.63, 3.8) is 0 Å². The molecular weight excluding hydrogens is 432 g/mol. The van der Waals surface area contributed by atoms with Gasteiger partial charge >= 0.3 is 0 Å². The van der Waals surface area contributed by atoms with E-state index in [2.05, 4.69) is 5.43 Å². The van der Waals surface area contributed by atoms with Crippen LogP contribution in [0, 0.1) is 23.2 Å². The number of hydrogen-bond donors (Lipinski definition) is 1. The van der Waals surface area contributed by atoms with Gasteiger partial charge in [-0.25, -0.2) is 0 Å². The highest BCUT2D eigenvalue weighted by atomic mass is 32.2. The Morgan fingerprint density at radius 1 is 1.10 bits per heavy atom. The SMILES string of the molecule is COc1cc(/C=C2/SC(=S)N(NC(=O)C34CC5CC(CC(C5)C3)C4)C2=O)cc(OC)c1. The van der Waals surface area contributed by atoms with Crippen molar-refractivity contribution in [1.29, 1.82) is 0 Å². The second-order valence-electron chi connectivity index (χ2n) is 9.30. The lowest BCUT2D eigenvalue weighted by molar-refractivity contribution is -0.152. The highest BCUT2D eigenvalue weighted by Crippen LogP contribution is 2.60. The molecule has 1 aliphatic heterocycles. The van der Waals surface area contributed by atoms with Crippen LogP contribution in [0.15, 0.2) is 23.1 Å². The van der Waals surface area contributed by atoms with E-state index in [4.69, 9.17) is 21.7 Å². The van der Waals surface area contributed by atoms with Crippen LogP contribution in [-0.2, 0) is 9.59 Å². The van der Waals surface area contributed by atoms with Crippen LogP contribution in [-0.4, -0.2) is 35.4 Å². The van der Waals surface area contributed by atoms with Gasteiger partial charge in [-0.15, -0.1) is 0 Å². The van der Waals surface area contributed by atoms with E-state index in [0.29, 0.717) is 38.5 Å². The molecule has 8 heteroatoms. The molecule has 0 radical (unpaired) electrons. The van der Waals surface area contributed by atoms with Crippen molar-refractivity contribution in [2.45, 2.75) is 38.5 Å². The number of thiocarbonyl (C=S) groups is 1. The second kappa shape index (κ2) is 7.81. The first-order valence-corrected chi connectivity index (χ1v) is 11.9. The number of carbonyl (C=O) groups excluding carboxylic acids is 2. The Kier molecular flexibility index (Phi) is 5.25. The number of methoxy groups -OCH3 is 2. The van der Waals surface area contributed by atoms with Gasteiger partial charge in [0.25, 0.3) is 5.91 Å². The van der Waals surface area contributed by atoms with Crippen LogP contribution in [0.3, 0.4) is 0 Å². The summed E-state index contributed by atoms with van der Waals surface area (Å²) in [6, 6.07) is 5.42. The summed E-state index contributed by atoms with van der Waals surface area (Å²) >= 11 is 6.63. The third kappa shape index (κ3) is 3.74. The van der Waals surface area contributed by atoms with Gasteiger partial charge in [0.1, 0.15) is 11.5 Å². The van der Waals surface area contributed by atoms with Gasteiger partial charge in [0.05, 0.1) is 24.5 Å². The van der Waals surface area contributed by atoms with Crippen molar-refractivity contribution >= 4 is 46.2 Å². The van der Waals surface area contributed by atoms with Gasteiger partial charge < -0.3 is 9.47 Å². The van der Waals surface area contributed by atoms with Gasteiger partial charge in [-0.2, -0.15) is 5.01 Å². The Hall–Kier alpha value is -2.06. The average molecular weight is 459 g/mol. The quantitative estimate of drug-likeness (QED) is 0.528. The minimum Gasteiger partial charge on any atom is -0.497 e. The molecule has 6 nitrogen and oxygen atoms in total. The highest BCUT2D eigenvalue weighted by Gasteiger charge is 2.55. The third-order valence-electron chi connectivity index (χ3n) is 7.20. The van der Waals surface area contributed by atoms with Crippen molar-refractivity contribution < 1.29 is 19.1 Å². The topological polar surface area (TPSA) is 67.9 Å². The monoisotopic (exact) mass is 458 g/mol. The van der Waals surface area contributed by atoms with Crippen molar-refractivity contribution in [2.24, 2.45) is 23.2 Å². The van der Waals surface area contributed by atoms with E-state index in [1.54, 1.807) is 26.4 Å². The first kappa shape index (κ1) is 20.8. The molecule has 5 aliphatic rings. The molecule has 1 saturated heterocycles. The van der Waals surface area contributed by atoms with Crippen LogP contribution in [0.5, 0.6) is 11.5 Å². The van der Waals surface area contributed by atoms with Crippen molar-refractivity contribution in [2.75, 3.05) is 14.2 Å². The summed E-state index contributed by atoms with van der Waals surface area (Å²) in [6.07, 6.45) is 8.37. The van der Waals surface area contributed by atoms with Gasteiger partial charge in [0.2, 0.25) is 5.91 Å². The first-order valence-electron chi connectivity index (χ1n) is 10.7. The fraction of sp³-hybridized carbons (Fsp3) is 0.522. The van der Waals surface area contributed by atoms with Crippen molar-refractivity contribution in [3.8, 4) is 11.5 Å². The molecule has 2 amide bonds. The molecule has 1 aromatic carbocycles. The van der Waals surface area contributed by atoms with Gasteiger partial charge in [-0.05, 0) is 92.3 Å². The molecule has 4 aliphatic carbocycles. The minimum atomic E-state index is -0.331. The Balaban J connectivity index is 1.34. The van der Waals surface area contributed by atoms with E-state index in [0.717, 1.165) is 24.8 Å². The zero-order valence-corrected chi connectivity index (χ0v) is 19.3. The smallest absolute Gasteiger partial charge is 0.285 e. The average Bonchev–Trinajstić information content (AvgIpc) is 2.99. The molecule has 1 N–H and O–H groups in total. The van der Waals surface area contributed by atoms with Crippen molar-refractivity contribution in [1.82, 2.24) is 10.4 Å². The van der Waals surface area contributed by atoms with Gasteiger partial charge in [0.15, 0.2) is 4.32 Å². The van der Waals surface area contributed by atoms with Crippen LogP contribution in [0.4, 0.5) is 0 Å². The summed E-state index contributed by atoms with van der Waals surface area (Å²) < 4.78 is 11.0. The molecular formula is C23H26N2O4S2. The summed E-state index contributed by atoms with van der Waals surface area (Å²) in [5.41, 5.74) is 3.33. The molecule has 4 saturated carbocycles. The van der Waals surface area contributed by atoms with Gasteiger partial charge in [-0.1, -0.05) is 11.8 Å². The second-order valence-corrected chi connectivity index (χ2v) is 11.0. The van der Waals surface area contributed by atoms with E-state index in [9.17, 15) is 9.59 Å². The Bertz CT molecular complexity index is 932. The number of thioether (sulfide) groups is 1. The summed E-state index contributed by atoms with van der Waals surface area (Å²) in [4.78, 5) is 26.9. The number of carbonyl (C=O) groups is 2. The van der Waals surface area contributed by atoms with Gasteiger partial charge in [0, 0.05) is 6.07 Å². The molecule has 5 fully saturated rings. The summed E-state index contributed by atoms with van der Waals surface area (Å²) in [6.45, 7) is 0. The summed E-state index contributed by atoms with van der Waals surface area (Å²) in [5, 5.41) is 1.25. The van der Waals surface area contributed by atoms with E-state index in [-0.39, 0.29) is 17.2 Å². The molecule has 0 aromatic heterocycles. The van der Waals surface area contributed by atoms with Crippen LogP contribution in [0.1, 0.15) is 44.1 Å². The van der Waals surface area contributed by atoms with Crippen LogP contribution < -0.4 is 14.9 Å². The standard InChI is InChI=1S/C23H26N2O4S2/c1-28-17-6-13(7-18(9-17)29-2)8-19-20(26)25(22(30)31-19)24-21(27)23-10-14-3-15(11-23)5-16(4-14)12-23/h6-9,14-16H,3-5,10-12H2,1-2H3,(H,24,27)/b19-8+. The van der Waals surface area contributed by atoms with Crippen LogP contribution >= 0.6 is 24.0 Å². The molecule has 31 heavy (non-hydrogen) atoms. The Morgan fingerprint density at radius 3 is 2.16 bits per heavy atom. The van der Waals surface area contributed by atoms with E-state index < -0.39 is 0 Å². The maximum absolute atomic E-state index is 13.3. The van der Waals surface area contributed by atoms with E-state index in [1.807, 2.05) is 12.1 Å². The number of hydrazine groups is 1. The molecule has 4 bridgehead atoms. The first-order chi connectivity index (χ1) is 14.9. The largest absolute Gasteiger partial charge is 0.497 e. The molecule has 0 unspecified atom stereocenters. The minimum absolute atomic E-state index is 0.0350. The summed E-state index contributed by atoms with van der Waals surface area (Å²) in [7, 11) is 3.16. The normalized spacial score (nSPS) is 32.6. The number of ether oxygens (including phenoxy) is 2. The number of hydrogen-bond acceptors (Lipinski definition) is 6. The lowest BCUT2D eigenvalue weighted by Gasteiger charge is -2.55. The Morgan fingerprint density at radius 2 is 1.65 bits per heavy atom. The predicted octanol–water partition coefficient (Wildman–Crippen LogP) is 4.15. The lowest BCUT2D eigenvalue weighted by atomic mass is 9.49. The third-order valence-corrected chi connectivity index (χ3v) is 8.50. The number of nitrogens with one attached hydrogen (secondary N) is 1. The van der Waals surface area contributed by atoms with Crippen LogP contribution in [0.2, 0.25) is 0 Å².